The van der Waals surface area contributed by atoms with Crippen molar-refractivity contribution in [3.05, 3.63) is 24.0 Å². The number of carbonyl (C=O) groups is 2. The van der Waals surface area contributed by atoms with Gasteiger partial charge in [-0.05, 0) is 37.8 Å². The second-order valence-electron chi connectivity index (χ2n) is 6.62. The molecule has 1 saturated carbocycles. The van der Waals surface area contributed by atoms with Crippen LogP contribution in [0.2, 0.25) is 0 Å². The Labute approximate surface area is 141 Å². The molecule has 0 heterocycles. The van der Waals surface area contributed by atoms with Gasteiger partial charge in [-0.15, -0.1) is 0 Å². The Kier molecular flexibility index (Phi) is 5.80. The molecule has 0 saturated heterocycles. The molecule has 6 heteroatoms. The molecule has 132 valence electrons. The highest BCUT2D eigenvalue weighted by atomic mass is 19.1. The monoisotopic (exact) mass is 337 g/mol. The smallest absolute Gasteiger partial charge is 0.304 e. The minimum atomic E-state index is -1.01. The van der Waals surface area contributed by atoms with Crippen LogP contribution in [0.15, 0.2) is 18.2 Å². The highest BCUT2D eigenvalue weighted by Crippen LogP contribution is 2.42. The third-order valence-corrected chi connectivity index (χ3v) is 4.96. The van der Waals surface area contributed by atoms with Gasteiger partial charge in [0, 0.05) is 6.07 Å². The van der Waals surface area contributed by atoms with Gasteiger partial charge < -0.3 is 15.2 Å². The second kappa shape index (κ2) is 7.64. The summed E-state index contributed by atoms with van der Waals surface area (Å²) in [5.74, 6) is -1.59. The molecule has 1 aromatic rings. The Morgan fingerprint density at radius 1 is 1.33 bits per heavy atom. The van der Waals surface area contributed by atoms with Gasteiger partial charge in [0.2, 0.25) is 5.91 Å². The van der Waals surface area contributed by atoms with Crippen molar-refractivity contribution >= 4 is 17.6 Å². The number of carboxylic acid groups (broad SMARTS) is 1. The van der Waals surface area contributed by atoms with E-state index in [1.807, 2.05) is 0 Å². The molecule has 0 spiro atoms. The zero-order valence-electron chi connectivity index (χ0n) is 14.1. The zero-order chi connectivity index (χ0) is 17.7. The molecule has 1 fully saturated rings. The maximum atomic E-state index is 13.3. The summed E-state index contributed by atoms with van der Waals surface area (Å²) in [4.78, 5) is 24.2. The topological polar surface area (TPSA) is 75.6 Å². The molecule has 1 atom stereocenters. The third-order valence-electron chi connectivity index (χ3n) is 4.96. The summed E-state index contributed by atoms with van der Waals surface area (Å²) in [6.07, 6.45) is 4.59. The highest BCUT2D eigenvalue weighted by Gasteiger charge is 2.43. The molecule has 5 nitrogen and oxygen atoms in total. The molecule has 24 heavy (non-hydrogen) atoms. The predicted octanol–water partition coefficient (Wildman–Crippen LogP) is 3.83. The first-order valence-electron chi connectivity index (χ1n) is 8.23. The van der Waals surface area contributed by atoms with Crippen molar-refractivity contribution in [1.29, 1.82) is 0 Å². The molecule has 0 aromatic heterocycles. The Hall–Kier alpha value is -2.11. The molecule has 1 aliphatic rings. The molecular weight excluding hydrogens is 313 g/mol. The Bertz CT molecular complexity index is 613. The van der Waals surface area contributed by atoms with Crippen molar-refractivity contribution in [2.75, 3.05) is 12.4 Å². The Morgan fingerprint density at radius 3 is 2.58 bits per heavy atom. The van der Waals surface area contributed by atoms with E-state index in [-0.39, 0.29) is 24.0 Å². The number of hydrogen-bond donors (Lipinski definition) is 2. The van der Waals surface area contributed by atoms with Gasteiger partial charge in [0.05, 0.1) is 24.6 Å². The first kappa shape index (κ1) is 18.2. The average Bonchev–Trinajstić information content (AvgIpc) is 2.56. The van der Waals surface area contributed by atoms with E-state index >= 15 is 0 Å². The van der Waals surface area contributed by atoms with E-state index in [1.165, 1.54) is 25.3 Å². The predicted molar refractivity (Wildman–Crippen MR) is 88.5 cm³/mol. The summed E-state index contributed by atoms with van der Waals surface area (Å²) in [7, 11) is 1.39. The number of benzene rings is 1. The number of methoxy groups -OCH3 is 1. The molecule has 2 N–H and O–H groups in total. The van der Waals surface area contributed by atoms with Crippen LogP contribution >= 0.6 is 0 Å². The van der Waals surface area contributed by atoms with Crippen molar-refractivity contribution < 1.29 is 23.8 Å². The molecule has 0 aliphatic heterocycles. The lowest BCUT2D eigenvalue weighted by molar-refractivity contribution is -0.145. The lowest BCUT2D eigenvalue weighted by Gasteiger charge is -2.37. The number of ether oxygens (including phenoxy) is 1. The number of halogens is 1. The Morgan fingerprint density at radius 2 is 2.00 bits per heavy atom. The van der Waals surface area contributed by atoms with Gasteiger partial charge in [-0.2, -0.15) is 0 Å². The van der Waals surface area contributed by atoms with Gasteiger partial charge in [-0.25, -0.2) is 4.39 Å². The van der Waals surface area contributed by atoms with Crippen LogP contribution in [0.4, 0.5) is 10.1 Å². The fraction of sp³-hybridized carbons (Fsp3) is 0.556. The van der Waals surface area contributed by atoms with Crippen molar-refractivity contribution in [2.45, 2.75) is 45.4 Å². The fourth-order valence-electron chi connectivity index (χ4n) is 3.50. The van der Waals surface area contributed by atoms with Gasteiger partial charge in [0.1, 0.15) is 11.6 Å². The van der Waals surface area contributed by atoms with Crippen molar-refractivity contribution in [3.8, 4) is 5.75 Å². The van der Waals surface area contributed by atoms with Crippen LogP contribution < -0.4 is 10.1 Å². The van der Waals surface area contributed by atoms with Gasteiger partial charge in [0.15, 0.2) is 0 Å². The molecule has 0 radical (unpaired) electrons. The lowest BCUT2D eigenvalue weighted by atomic mass is 9.67. The van der Waals surface area contributed by atoms with Crippen LogP contribution in [-0.4, -0.2) is 24.1 Å². The van der Waals surface area contributed by atoms with Gasteiger partial charge >= 0.3 is 5.97 Å². The van der Waals surface area contributed by atoms with Crippen molar-refractivity contribution in [1.82, 2.24) is 0 Å². The van der Waals surface area contributed by atoms with Crippen LogP contribution in [0.3, 0.4) is 0 Å². The first-order valence-corrected chi connectivity index (χ1v) is 8.23. The van der Waals surface area contributed by atoms with E-state index in [1.54, 1.807) is 6.92 Å². The van der Waals surface area contributed by atoms with Crippen molar-refractivity contribution in [3.63, 3.8) is 0 Å². The summed E-state index contributed by atoms with van der Waals surface area (Å²) in [6, 6.07) is 3.84. The van der Waals surface area contributed by atoms with E-state index < -0.39 is 17.2 Å². The zero-order valence-corrected chi connectivity index (χ0v) is 14.1. The van der Waals surface area contributed by atoms with E-state index in [9.17, 15) is 19.1 Å². The summed E-state index contributed by atoms with van der Waals surface area (Å²) in [5.41, 5.74) is -0.664. The minimum Gasteiger partial charge on any atom is -0.494 e. The molecule has 1 aliphatic carbocycles. The summed E-state index contributed by atoms with van der Waals surface area (Å²) in [6.45, 7) is 1.71. The first-order chi connectivity index (χ1) is 11.4. The third kappa shape index (κ3) is 4.04. The lowest BCUT2D eigenvalue weighted by Crippen LogP contribution is -2.42. The van der Waals surface area contributed by atoms with E-state index in [4.69, 9.17) is 4.74 Å². The largest absolute Gasteiger partial charge is 0.494 e. The average molecular weight is 337 g/mol. The normalized spacial score (nSPS) is 17.8. The maximum Gasteiger partial charge on any atom is 0.304 e. The van der Waals surface area contributed by atoms with Gasteiger partial charge in [-0.1, -0.05) is 19.3 Å². The number of carboxylic acids is 1. The summed E-state index contributed by atoms with van der Waals surface area (Å²) < 4.78 is 18.4. The van der Waals surface area contributed by atoms with Crippen molar-refractivity contribution in [2.24, 2.45) is 11.3 Å². The van der Waals surface area contributed by atoms with Crippen LogP contribution in [-0.2, 0) is 9.59 Å². The molecular formula is C18H24FNO4. The van der Waals surface area contributed by atoms with Crippen LogP contribution in [0.1, 0.15) is 45.4 Å². The standard InChI is InChI=1S/C18H24FNO4/c1-18(11-16(21)22,12-6-4-3-5-7-12)17(23)20-14-9-8-13(19)10-15(14)24-2/h8-10,12H,3-7,11H2,1-2H3,(H,20,23)(H,21,22). The number of nitrogens with one attached hydrogen (secondary N) is 1. The maximum absolute atomic E-state index is 13.3. The highest BCUT2D eigenvalue weighted by molar-refractivity contribution is 5.98. The number of amides is 1. The summed E-state index contributed by atoms with van der Waals surface area (Å²) in [5, 5.41) is 12.0. The molecule has 1 aromatic carbocycles. The number of aliphatic carboxylic acids is 1. The summed E-state index contributed by atoms with van der Waals surface area (Å²) >= 11 is 0. The van der Waals surface area contributed by atoms with E-state index in [2.05, 4.69) is 5.32 Å². The number of carbonyl (C=O) groups excluding carboxylic acids is 1. The minimum absolute atomic E-state index is 0.0220. The number of hydrogen-bond acceptors (Lipinski definition) is 3. The SMILES string of the molecule is COc1cc(F)ccc1NC(=O)C(C)(CC(=O)O)C1CCCCC1. The molecule has 1 amide bonds. The van der Waals surface area contributed by atoms with Gasteiger partial charge in [0.25, 0.3) is 0 Å². The van der Waals surface area contributed by atoms with Crippen LogP contribution in [0.25, 0.3) is 0 Å². The van der Waals surface area contributed by atoms with E-state index in [0.717, 1.165) is 32.1 Å². The van der Waals surface area contributed by atoms with Crippen LogP contribution in [0, 0.1) is 17.2 Å². The van der Waals surface area contributed by atoms with Crippen LogP contribution in [0.5, 0.6) is 5.75 Å². The molecule has 1 unspecified atom stereocenters. The molecule has 2 rings (SSSR count). The van der Waals surface area contributed by atoms with Gasteiger partial charge in [-0.3, -0.25) is 9.59 Å². The molecule has 0 bridgehead atoms. The quantitative estimate of drug-likeness (QED) is 0.827. The number of anilines is 1. The fourth-order valence-corrected chi connectivity index (χ4v) is 3.50. The van der Waals surface area contributed by atoms with E-state index in [0.29, 0.717) is 5.69 Å². The number of rotatable bonds is 6. The Balaban J connectivity index is 2.26. The second-order valence-corrected chi connectivity index (χ2v) is 6.62.